The highest BCUT2D eigenvalue weighted by atomic mass is 19.1. The number of oxime groups is 1. The number of pyridine rings is 1. The molecule has 0 amide bonds. The molecule has 2 aromatic heterocycles. The monoisotopic (exact) mass is 395 g/mol. The lowest BCUT2D eigenvalue weighted by Crippen LogP contribution is -2.27. The zero-order valence-corrected chi connectivity index (χ0v) is 16.5. The first-order chi connectivity index (χ1) is 14.1. The molecule has 0 bridgehead atoms. The summed E-state index contributed by atoms with van der Waals surface area (Å²) in [4.78, 5) is 14.2. The van der Waals surface area contributed by atoms with E-state index in [1.165, 1.54) is 6.07 Å². The molecule has 29 heavy (non-hydrogen) atoms. The number of hydrogen-bond acceptors (Lipinski definition) is 6. The van der Waals surface area contributed by atoms with Gasteiger partial charge in [0.25, 0.3) is 0 Å². The van der Waals surface area contributed by atoms with E-state index in [1.54, 1.807) is 6.20 Å². The largest absolute Gasteiger partial charge is 0.488 e. The summed E-state index contributed by atoms with van der Waals surface area (Å²) in [5.74, 6) is 0.733. The van der Waals surface area contributed by atoms with Gasteiger partial charge in [0.05, 0.1) is 17.7 Å². The van der Waals surface area contributed by atoms with Crippen LogP contribution >= 0.6 is 0 Å². The molecule has 0 fully saturated rings. The molecule has 150 valence electrons. The van der Waals surface area contributed by atoms with Crippen LogP contribution in [0.3, 0.4) is 0 Å². The van der Waals surface area contributed by atoms with Crippen molar-refractivity contribution in [3.8, 4) is 5.75 Å². The van der Waals surface area contributed by atoms with Crippen LogP contribution in [0.1, 0.15) is 43.9 Å². The van der Waals surface area contributed by atoms with Crippen LogP contribution in [-0.2, 0) is 4.84 Å². The Balaban J connectivity index is 1.78. The van der Waals surface area contributed by atoms with Crippen molar-refractivity contribution in [1.29, 1.82) is 0 Å². The van der Waals surface area contributed by atoms with Gasteiger partial charge < -0.3 is 14.9 Å². The van der Waals surface area contributed by atoms with Crippen molar-refractivity contribution in [2.45, 2.75) is 38.8 Å². The zero-order chi connectivity index (χ0) is 20.1. The molecule has 7 nitrogen and oxygen atoms in total. The molecule has 8 heteroatoms. The highest BCUT2D eigenvalue weighted by molar-refractivity contribution is 5.95. The lowest BCUT2D eigenvalue weighted by molar-refractivity contribution is 0.0897. The van der Waals surface area contributed by atoms with E-state index in [9.17, 15) is 0 Å². The van der Waals surface area contributed by atoms with Crippen molar-refractivity contribution < 1.29 is 14.0 Å². The molecule has 3 unspecified atom stereocenters. The highest BCUT2D eigenvalue weighted by Gasteiger charge is 2.38. The van der Waals surface area contributed by atoms with E-state index >= 15 is 4.39 Å². The fourth-order valence-electron chi connectivity index (χ4n) is 4.35. The molecule has 0 radical (unpaired) electrons. The maximum atomic E-state index is 15.2. The SMILES string of the molecule is CCNc1nc2c(F)cc(C3C(C)=NOC3C)c3c2n1C(c1cccnc1)CO3. The number of imidazole rings is 1. The first-order valence-electron chi connectivity index (χ1n) is 9.81. The van der Waals surface area contributed by atoms with E-state index in [4.69, 9.17) is 9.57 Å². The first-order valence-corrected chi connectivity index (χ1v) is 9.81. The zero-order valence-electron chi connectivity index (χ0n) is 16.5. The molecule has 4 heterocycles. The molecule has 0 saturated carbocycles. The van der Waals surface area contributed by atoms with E-state index in [-0.39, 0.29) is 23.9 Å². The van der Waals surface area contributed by atoms with Gasteiger partial charge in [-0.3, -0.25) is 9.55 Å². The van der Waals surface area contributed by atoms with Crippen molar-refractivity contribution in [1.82, 2.24) is 14.5 Å². The van der Waals surface area contributed by atoms with E-state index < -0.39 is 0 Å². The fourth-order valence-corrected chi connectivity index (χ4v) is 4.35. The summed E-state index contributed by atoms with van der Waals surface area (Å²) >= 11 is 0. The Bertz CT molecular complexity index is 1110. The Kier molecular flexibility index (Phi) is 4.15. The number of nitrogens with zero attached hydrogens (tertiary/aromatic N) is 4. The molecule has 0 aliphatic carbocycles. The van der Waals surface area contributed by atoms with Gasteiger partial charge in [-0.05, 0) is 38.5 Å². The summed E-state index contributed by atoms with van der Waals surface area (Å²) in [5, 5.41) is 7.37. The number of hydrogen-bond donors (Lipinski definition) is 1. The Morgan fingerprint density at radius 2 is 2.24 bits per heavy atom. The second-order valence-electron chi connectivity index (χ2n) is 7.44. The maximum Gasteiger partial charge on any atom is 0.204 e. The smallest absolute Gasteiger partial charge is 0.204 e. The Hall–Kier alpha value is -3.16. The quantitative estimate of drug-likeness (QED) is 0.726. The molecule has 0 saturated heterocycles. The molecule has 3 aromatic rings. The number of rotatable bonds is 4. The van der Waals surface area contributed by atoms with Gasteiger partial charge >= 0.3 is 0 Å². The van der Waals surface area contributed by atoms with Gasteiger partial charge in [0, 0.05) is 24.5 Å². The number of halogens is 1. The first kappa shape index (κ1) is 17.9. The summed E-state index contributed by atoms with van der Waals surface area (Å²) < 4.78 is 23.5. The second kappa shape index (κ2) is 6.72. The molecular weight excluding hydrogens is 373 g/mol. The van der Waals surface area contributed by atoms with Crippen LogP contribution in [0.5, 0.6) is 5.75 Å². The van der Waals surface area contributed by atoms with Crippen LogP contribution in [0.25, 0.3) is 11.0 Å². The Morgan fingerprint density at radius 3 is 2.93 bits per heavy atom. The molecule has 3 atom stereocenters. The third-order valence-corrected chi connectivity index (χ3v) is 5.62. The third kappa shape index (κ3) is 2.66. The van der Waals surface area contributed by atoms with E-state index in [0.29, 0.717) is 35.9 Å². The van der Waals surface area contributed by atoms with Crippen LogP contribution in [0.15, 0.2) is 35.7 Å². The van der Waals surface area contributed by atoms with E-state index in [2.05, 4.69) is 20.4 Å². The molecule has 1 aromatic carbocycles. The van der Waals surface area contributed by atoms with Gasteiger partial charge in [-0.2, -0.15) is 0 Å². The Labute approximate surface area is 167 Å². The van der Waals surface area contributed by atoms with E-state index in [1.807, 2.05) is 43.7 Å². The lowest BCUT2D eigenvalue weighted by Gasteiger charge is -2.30. The standard InChI is InChI=1S/C21H22FN5O2/c1-4-24-21-25-18-15(22)8-14(17-11(2)26-29-12(17)3)20-19(18)27(21)16(10-28-20)13-6-5-7-23-9-13/h5-9,12,16-17H,4,10H2,1-3H3,(H,24,25). The average Bonchev–Trinajstić information content (AvgIpc) is 3.27. The van der Waals surface area contributed by atoms with Crippen LogP contribution in [-0.4, -0.2) is 39.5 Å². The molecule has 1 N–H and O–H groups in total. The minimum absolute atomic E-state index is 0.156. The Morgan fingerprint density at radius 1 is 1.38 bits per heavy atom. The minimum atomic E-state index is -0.376. The third-order valence-electron chi connectivity index (χ3n) is 5.62. The summed E-state index contributed by atoms with van der Waals surface area (Å²) in [5.41, 5.74) is 3.49. The molecule has 5 rings (SSSR count). The summed E-state index contributed by atoms with van der Waals surface area (Å²) in [6.45, 7) is 6.89. The van der Waals surface area contributed by atoms with Crippen molar-refractivity contribution in [3.05, 3.63) is 47.5 Å². The van der Waals surface area contributed by atoms with Crippen molar-refractivity contribution in [2.24, 2.45) is 5.16 Å². The van der Waals surface area contributed by atoms with Gasteiger partial charge in [-0.1, -0.05) is 11.2 Å². The van der Waals surface area contributed by atoms with Crippen molar-refractivity contribution in [3.63, 3.8) is 0 Å². The molecule has 2 aliphatic heterocycles. The van der Waals surface area contributed by atoms with Gasteiger partial charge in [0.1, 0.15) is 29.5 Å². The van der Waals surface area contributed by atoms with Gasteiger partial charge in [-0.15, -0.1) is 0 Å². The number of benzene rings is 1. The maximum absolute atomic E-state index is 15.2. The normalized spacial score (nSPS) is 22.9. The number of ether oxygens (including phenoxy) is 1. The molecular formula is C21H22FN5O2. The lowest BCUT2D eigenvalue weighted by atomic mass is 9.89. The fraction of sp³-hybridized carbons (Fsp3) is 0.381. The van der Waals surface area contributed by atoms with Crippen LogP contribution in [0.4, 0.5) is 10.3 Å². The summed E-state index contributed by atoms with van der Waals surface area (Å²) in [6, 6.07) is 5.25. The topological polar surface area (TPSA) is 73.6 Å². The van der Waals surface area contributed by atoms with E-state index in [0.717, 1.165) is 16.8 Å². The van der Waals surface area contributed by atoms with Crippen LogP contribution in [0.2, 0.25) is 0 Å². The predicted octanol–water partition coefficient (Wildman–Crippen LogP) is 3.86. The summed E-state index contributed by atoms with van der Waals surface area (Å²) in [7, 11) is 0. The van der Waals surface area contributed by atoms with Gasteiger partial charge in [0.15, 0.2) is 5.82 Å². The van der Waals surface area contributed by atoms with Crippen LogP contribution in [0, 0.1) is 5.82 Å². The second-order valence-corrected chi connectivity index (χ2v) is 7.44. The molecule has 0 spiro atoms. The number of aromatic nitrogens is 3. The summed E-state index contributed by atoms with van der Waals surface area (Å²) in [6.07, 6.45) is 3.36. The van der Waals surface area contributed by atoms with Gasteiger partial charge in [-0.25, -0.2) is 9.37 Å². The van der Waals surface area contributed by atoms with Crippen molar-refractivity contribution in [2.75, 3.05) is 18.5 Å². The van der Waals surface area contributed by atoms with Gasteiger partial charge in [0.2, 0.25) is 5.95 Å². The number of anilines is 1. The van der Waals surface area contributed by atoms with Crippen LogP contribution < -0.4 is 10.1 Å². The highest BCUT2D eigenvalue weighted by Crippen LogP contribution is 2.45. The van der Waals surface area contributed by atoms with Crippen molar-refractivity contribution >= 4 is 22.7 Å². The number of nitrogens with one attached hydrogen (secondary N) is 1. The molecule has 2 aliphatic rings. The predicted molar refractivity (Wildman–Crippen MR) is 108 cm³/mol. The minimum Gasteiger partial charge on any atom is -0.488 e. The average molecular weight is 395 g/mol.